The molecule has 0 amide bonds. The van der Waals surface area contributed by atoms with E-state index in [4.69, 9.17) is 9.97 Å². The third-order valence-electron chi connectivity index (χ3n) is 7.32. The number of rotatable bonds is 3. The van der Waals surface area contributed by atoms with Gasteiger partial charge in [-0.2, -0.15) is 0 Å². The SMILES string of the molecule is C[C@H]1CCc2c(sc3nc([C@H](C)N4CCC(c5nc6ccccc6s5)CC4)[nH]c(=O)c23)C1. The molecular weight excluding hydrogens is 436 g/mol. The molecule has 0 bridgehead atoms. The molecule has 0 radical (unpaired) electrons. The summed E-state index contributed by atoms with van der Waals surface area (Å²) < 4.78 is 1.28. The molecule has 1 aliphatic carbocycles. The number of nitrogens with one attached hydrogen (secondary N) is 1. The lowest BCUT2D eigenvalue weighted by Gasteiger charge is -2.34. The lowest BCUT2D eigenvalue weighted by Crippen LogP contribution is -2.36. The van der Waals surface area contributed by atoms with Gasteiger partial charge in [0, 0.05) is 10.8 Å². The first-order valence-corrected chi connectivity index (χ1v) is 13.3. The Bertz CT molecular complexity index is 1310. The molecule has 6 rings (SSSR count). The molecule has 1 saturated heterocycles. The number of benzene rings is 1. The molecule has 1 aliphatic heterocycles. The van der Waals surface area contributed by atoms with Crippen LogP contribution in [0.5, 0.6) is 0 Å². The maximum atomic E-state index is 13.0. The number of H-pyrrole nitrogens is 1. The second-order valence-electron chi connectivity index (χ2n) is 9.49. The second kappa shape index (κ2) is 8.04. The van der Waals surface area contributed by atoms with Crippen LogP contribution < -0.4 is 5.56 Å². The van der Waals surface area contributed by atoms with E-state index in [1.54, 1.807) is 11.3 Å². The van der Waals surface area contributed by atoms with Gasteiger partial charge in [-0.05, 0) is 75.7 Å². The highest BCUT2D eigenvalue weighted by Crippen LogP contribution is 2.38. The van der Waals surface area contributed by atoms with Gasteiger partial charge in [-0.1, -0.05) is 19.1 Å². The zero-order valence-corrected chi connectivity index (χ0v) is 20.2. The third-order valence-corrected chi connectivity index (χ3v) is 9.66. The van der Waals surface area contributed by atoms with Crippen molar-refractivity contribution < 1.29 is 0 Å². The van der Waals surface area contributed by atoms with Gasteiger partial charge < -0.3 is 4.98 Å². The van der Waals surface area contributed by atoms with Crippen molar-refractivity contribution in [2.45, 2.75) is 57.9 Å². The predicted octanol–water partition coefficient (Wildman–Crippen LogP) is 5.66. The van der Waals surface area contributed by atoms with E-state index >= 15 is 0 Å². The molecule has 0 spiro atoms. The lowest BCUT2D eigenvalue weighted by atomic mass is 9.89. The summed E-state index contributed by atoms with van der Waals surface area (Å²) in [5.41, 5.74) is 2.42. The summed E-state index contributed by atoms with van der Waals surface area (Å²) in [6.07, 6.45) is 5.46. The normalized spacial score (nSPS) is 21.2. The van der Waals surface area contributed by atoms with Crippen LogP contribution >= 0.6 is 22.7 Å². The quantitative estimate of drug-likeness (QED) is 0.425. The Morgan fingerprint density at radius 1 is 1.12 bits per heavy atom. The van der Waals surface area contributed by atoms with Gasteiger partial charge in [0.1, 0.15) is 10.7 Å². The van der Waals surface area contributed by atoms with Gasteiger partial charge in [0.25, 0.3) is 5.56 Å². The number of fused-ring (bicyclic) bond motifs is 4. The highest BCUT2D eigenvalue weighted by atomic mass is 32.1. The molecule has 32 heavy (non-hydrogen) atoms. The maximum Gasteiger partial charge on any atom is 0.259 e. The van der Waals surface area contributed by atoms with Crippen LogP contribution in [0, 0.1) is 5.92 Å². The number of aromatic nitrogens is 3. The zero-order chi connectivity index (χ0) is 21.8. The van der Waals surface area contributed by atoms with E-state index in [-0.39, 0.29) is 11.6 Å². The summed E-state index contributed by atoms with van der Waals surface area (Å²) in [6, 6.07) is 8.53. The standard InChI is InChI=1S/C25H28N4OS2/c1-14-7-8-17-20(13-14)32-25-21(17)23(30)27-22(28-25)15(2)29-11-9-16(10-12-29)24-26-18-5-3-4-6-19(18)31-24/h3-6,14-16H,7-13H2,1-2H3,(H,27,28,30)/t14-,15-/m0/s1. The molecule has 3 aromatic heterocycles. The summed E-state index contributed by atoms with van der Waals surface area (Å²) >= 11 is 3.58. The number of piperidine rings is 1. The highest BCUT2D eigenvalue weighted by molar-refractivity contribution is 7.19. The van der Waals surface area contributed by atoms with E-state index in [2.05, 4.69) is 48.0 Å². The predicted molar refractivity (Wildman–Crippen MR) is 133 cm³/mol. The monoisotopic (exact) mass is 464 g/mol. The second-order valence-corrected chi connectivity index (χ2v) is 11.6. The van der Waals surface area contributed by atoms with Gasteiger partial charge in [-0.3, -0.25) is 9.69 Å². The van der Waals surface area contributed by atoms with Crippen LogP contribution in [0.4, 0.5) is 0 Å². The van der Waals surface area contributed by atoms with E-state index in [1.165, 1.54) is 26.6 Å². The fourth-order valence-corrected chi connectivity index (χ4v) is 7.86. The van der Waals surface area contributed by atoms with E-state index < -0.39 is 0 Å². The molecule has 0 unspecified atom stereocenters. The molecule has 2 atom stereocenters. The van der Waals surface area contributed by atoms with Crippen molar-refractivity contribution in [3.8, 4) is 0 Å². The van der Waals surface area contributed by atoms with E-state index in [9.17, 15) is 4.79 Å². The number of para-hydroxylation sites is 1. The molecule has 1 N–H and O–H groups in total. The Kier molecular flexibility index (Phi) is 5.16. The first kappa shape index (κ1) is 20.5. The minimum Gasteiger partial charge on any atom is -0.309 e. The Hall–Kier alpha value is -2.09. The smallest absolute Gasteiger partial charge is 0.259 e. The molecule has 166 valence electrons. The molecule has 1 aromatic carbocycles. The van der Waals surface area contributed by atoms with Crippen LogP contribution in [0.3, 0.4) is 0 Å². The topological polar surface area (TPSA) is 61.9 Å². The number of likely N-dealkylation sites (tertiary alicyclic amines) is 1. The summed E-state index contributed by atoms with van der Waals surface area (Å²) in [4.78, 5) is 30.8. The number of nitrogens with zero attached hydrogens (tertiary/aromatic N) is 3. The fourth-order valence-electron chi connectivity index (χ4n) is 5.33. The third kappa shape index (κ3) is 3.51. The number of hydrogen-bond donors (Lipinski definition) is 1. The van der Waals surface area contributed by atoms with Crippen molar-refractivity contribution in [3.05, 3.63) is 55.9 Å². The molecule has 4 heterocycles. The van der Waals surface area contributed by atoms with Crippen molar-refractivity contribution in [2.75, 3.05) is 13.1 Å². The number of thiazole rings is 1. The minimum absolute atomic E-state index is 0.0493. The van der Waals surface area contributed by atoms with Crippen molar-refractivity contribution in [1.29, 1.82) is 0 Å². The Balaban J connectivity index is 1.21. The van der Waals surface area contributed by atoms with Crippen molar-refractivity contribution in [1.82, 2.24) is 19.9 Å². The average molecular weight is 465 g/mol. The lowest BCUT2D eigenvalue weighted by molar-refractivity contribution is 0.157. The van der Waals surface area contributed by atoms with Gasteiger partial charge in [-0.25, -0.2) is 9.97 Å². The van der Waals surface area contributed by atoms with Crippen molar-refractivity contribution in [3.63, 3.8) is 0 Å². The van der Waals surface area contributed by atoms with Crippen LogP contribution in [0.15, 0.2) is 29.1 Å². The van der Waals surface area contributed by atoms with Crippen LogP contribution in [-0.2, 0) is 12.8 Å². The van der Waals surface area contributed by atoms with E-state index in [0.717, 1.165) is 60.3 Å². The van der Waals surface area contributed by atoms with Crippen molar-refractivity contribution >= 4 is 43.1 Å². The molecular formula is C25H28N4OS2. The number of aryl methyl sites for hydroxylation is 1. The Labute approximate surface area is 195 Å². The maximum absolute atomic E-state index is 13.0. The summed E-state index contributed by atoms with van der Waals surface area (Å²) in [6.45, 7) is 6.48. The number of aromatic amines is 1. The molecule has 4 aromatic rings. The molecule has 2 aliphatic rings. The Morgan fingerprint density at radius 3 is 2.75 bits per heavy atom. The van der Waals surface area contributed by atoms with Gasteiger partial charge in [0.2, 0.25) is 0 Å². The molecule has 1 fully saturated rings. The molecule has 0 saturated carbocycles. The van der Waals surface area contributed by atoms with Gasteiger partial charge >= 0.3 is 0 Å². The summed E-state index contributed by atoms with van der Waals surface area (Å²) in [5, 5.41) is 2.12. The largest absolute Gasteiger partial charge is 0.309 e. The van der Waals surface area contributed by atoms with Gasteiger partial charge in [-0.15, -0.1) is 22.7 Å². The van der Waals surface area contributed by atoms with Crippen LogP contribution in [0.2, 0.25) is 0 Å². The fraction of sp³-hybridized carbons (Fsp3) is 0.480. The number of thiophene rings is 1. The van der Waals surface area contributed by atoms with E-state index in [1.807, 2.05) is 11.3 Å². The van der Waals surface area contributed by atoms with Gasteiger partial charge in [0.15, 0.2) is 0 Å². The van der Waals surface area contributed by atoms with Crippen LogP contribution in [0.1, 0.15) is 66.3 Å². The Morgan fingerprint density at radius 2 is 1.94 bits per heavy atom. The van der Waals surface area contributed by atoms with Gasteiger partial charge in [0.05, 0.1) is 26.7 Å². The summed E-state index contributed by atoms with van der Waals surface area (Å²) in [5.74, 6) is 2.04. The minimum atomic E-state index is 0.0493. The van der Waals surface area contributed by atoms with Crippen molar-refractivity contribution in [2.24, 2.45) is 5.92 Å². The highest BCUT2D eigenvalue weighted by Gasteiger charge is 2.29. The van der Waals surface area contributed by atoms with E-state index in [0.29, 0.717) is 11.8 Å². The van der Waals surface area contributed by atoms with Crippen LogP contribution in [-0.4, -0.2) is 32.9 Å². The molecule has 5 nitrogen and oxygen atoms in total. The van der Waals surface area contributed by atoms with Crippen LogP contribution in [0.25, 0.3) is 20.4 Å². The molecule has 7 heteroatoms. The zero-order valence-electron chi connectivity index (χ0n) is 18.6. The summed E-state index contributed by atoms with van der Waals surface area (Å²) in [7, 11) is 0. The first-order valence-electron chi connectivity index (χ1n) is 11.7. The number of hydrogen-bond acceptors (Lipinski definition) is 6. The average Bonchev–Trinajstić information content (AvgIpc) is 3.39. The first-order chi connectivity index (χ1) is 15.6.